The summed E-state index contributed by atoms with van der Waals surface area (Å²) in [5, 5.41) is 3.13. The molecule has 2 aromatic rings. The van der Waals surface area contributed by atoms with E-state index < -0.39 is 21.8 Å². The van der Waals surface area contributed by atoms with Gasteiger partial charge in [0.05, 0.1) is 30.2 Å². The Morgan fingerprint density at radius 1 is 1.22 bits per heavy atom. The van der Waals surface area contributed by atoms with Gasteiger partial charge in [0.15, 0.2) is 0 Å². The van der Waals surface area contributed by atoms with E-state index in [1.165, 1.54) is 23.4 Å². The van der Waals surface area contributed by atoms with Crippen LogP contribution in [-0.4, -0.2) is 63.2 Å². The van der Waals surface area contributed by atoms with E-state index in [9.17, 15) is 18.0 Å². The molecule has 0 aromatic heterocycles. The van der Waals surface area contributed by atoms with Crippen molar-refractivity contribution in [1.82, 2.24) is 9.21 Å². The van der Waals surface area contributed by atoms with Crippen molar-refractivity contribution >= 4 is 39.1 Å². The van der Waals surface area contributed by atoms with Crippen LogP contribution in [0.3, 0.4) is 0 Å². The molecule has 3 rings (SSSR count). The molecule has 10 heteroatoms. The number of rotatable bonds is 7. The number of benzene rings is 2. The first kappa shape index (κ1) is 24.0. The Labute approximate surface area is 193 Å². The van der Waals surface area contributed by atoms with E-state index >= 15 is 0 Å². The molecule has 0 aliphatic carbocycles. The minimum Gasteiger partial charge on any atom is -0.495 e. The molecule has 2 aromatic carbocycles. The number of amides is 2. The van der Waals surface area contributed by atoms with Crippen LogP contribution < -0.4 is 10.1 Å². The largest absolute Gasteiger partial charge is 0.495 e. The monoisotopic (exact) mass is 479 g/mol. The predicted octanol–water partition coefficient (Wildman–Crippen LogP) is 2.85. The van der Waals surface area contributed by atoms with Gasteiger partial charge in [-0.2, -0.15) is 4.31 Å². The van der Waals surface area contributed by atoms with Crippen molar-refractivity contribution in [2.45, 2.75) is 17.7 Å². The van der Waals surface area contributed by atoms with Gasteiger partial charge in [0.2, 0.25) is 21.8 Å². The molecule has 1 heterocycles. The molecule has 0 spiro atoms. The first-order valence-corrected chi connectivity index (χ1v) is 12.0. The van der Waals surface area contributed by atoms with Crippen LogP contribution >= 0.6 is 11.6 Å². The molecule has 1 N–H and O–H groups in total. The van der Waals surface area contributed by atoms with E-state index in [0.29, 0.717) is 35.8 Å². The van der Waals surface area contributed by atoms with E-state index in [2.05, 4.69) is 5.32 Å². The lowest BCUT2D eigenvalue weighted by atomic mass is 9.98. The Kier molecular flexibility index (Phi) is 7.76. The van der Waals surface area contributed by atoms with Gasteiger partial charge in [-0.25, -0.2) is 8.42 Å². The quantitative estimate of drug-likeness (QED) is 0.658. The number of ether oxygens (including phenoxy) is 1. The molecule has 1 unspecified atom stereocenters. The number of likely N-dealkylation sites (N-methyl/N-ethyl adjacent to an activating group) is 1. The molecule has 1 saturated heterocycles. The van der Waals surface area contributed by atoms with Crippen LogP contribution in [0.25, 0.3) is 0 Å². The lowest BCUT2D eigenvalue weighted by Crippen LogP contribution is -2.47. The van der Waals surface area contributed by atoms with E-state index in [1.54, 1.807) is 48.5 Å². The Bertz CT molecular complexity index is 1080. The van der Waals surface area contributed by atoms with Crippen molar-refractivity contribution in [3.05, 3.63) is 53.6 Å². The Balaban J connectivity index is 1.63. The van der Waals surface area contributed by atoms with Crippen LogP contribution in [0.5, 0.6) is 5.75 Å². The van der Waals surface area contributed by atoms with Gasteiger partial charge in [-0.15, -0.1) is 0 Å². The summed E-state index contributed by atoms with van der Waals surface area (Å²) in [5.74, 6) is -0.747. The van der Waals surface area contributed by atoms with Crippen LogP contribution in [0, 0.1) is 5.92 Å². The fourth-order valence-corrected chi connectivity index (χ4v) is 5.39. The number of nitrogens with one attached hydrogen (secondary N) is 1. The third-order valence-corrected chi connectivity index (χ3v) is 7.42. The zero-order valence-electron chi connectivity index (χ0n) is 18.0. The maximum Gasteiger partial charge on any atom is 0.244 e. The summed E-state index contributed by atoms with van der Waals surface area (Å²) in [6.45, 7) is 0.264. The second-order valence-corrected chi connectivity index (χ2v) is 9.98. The molecule has 8 nitrogen and oxygen atoms in total. The van der Waals surface area contributed by atoms with Crippen molar-refractivity contribution in [2.75, 3.05) is 39.1 Å². The van der Waals surface area contributed by atoms with Gasteiger partial charge in [-0.1, -0.05) is 29.8 Å². The van der Waals surface area contributed by atoms with Crippen LogP contribution in [0.1, 0.15) is 12.8 Å². The lowest BCUT2D eigenvalue weighted by Gasteiger charge is -2.33. The highest BCUT2D eigenvalue weighted by atomic mass is 35.5. The third-order valence-electron chi connectivity index (χ3n) is 5.31. The number of hydrogen-bond acceptors (Lipinski definition) is 5. The summed E-state index contributed by atoms with van der Waals surface area (Å²) in [4.78, 5) is 27.0. The topological polar surface area (TPSA) is 96.0 Å². The summed E-state index contributed by atoms with van der Waals surface area (Å²) in [5.41, 5.74) is 0.406. The zero-order chi connectivity index (χ0) is 23.3. The number of methoxy groups -OCH3 is 1. The highest BCUT2D eigenvalue weighted by molar-refractivity contribution is 7.89. The number of carbonyl (C=O) groups is 2. The van der Waals surface area contributed by atoms with Crippen molar-refractivity contribution in [2.24, 2.45) is 5.92 Å². The average Bonchev–Trinajstić information content (AvgIpc) is 2.79. The molecular formula is C22H26ClN3O5S. The number of piperidine rings is 1. The molecule has 1 aliphatic rings. The Morgan fingerprint density at radius 3 is 2.62 bits per heavy atom. The highest BCUT2D eigenvalue weighted by Crippen LogP contribution is 2.28. The summed E-state index contributed by atoms with van der Waals surface area (Å²) in [6.07, 6.45) is 1.13. The van der Waals surface area contributed by atoms with Crippen LogP contribution in [0.4, 0.5) is 5.69 Å². The molecule has 0 saturated carbocycles. The van der Waals surface area contributed by atoms with Gasteiger partial charge < -0.3 is 15.0 Å². The number of nitrogens with zero attached hydrogens (tertiary/aromatic N) is 2. The summed E-state index contributed by atoms with van der Waals surface area (Å²) in [6, 6.07) is 13.0. The van der Waals surface area contributed by atoms with Crippen LogP contribution in [0.15, 0.2) is 53.4 Å². The van der Waals surface area contributed by atoms with E-state index in [-0.39, 0.29) is 23.9 Å². The summed E-state index contributed by atoms with van der Waals surface area (Å²) >= 11 is 5.98. The molecule has 0 bridgehead atoms. The molecule has 32 heavy (non-hydrogen) atoms. The lowest BCUT2D eigenvalue weighted by molar-refractivity contribution is -0.138. The maximum absolute atomic E-state index is 13.0. The third kappa shape index (κ3) is 5.59. The standard InChI is InChI=1S/C22H26ClN3O5S/c1-25(15-21(27)24-19-13-17(23)10-11-20(19)31-2)22(28)16-7-6-12-26(14-16)32(29,30)18-8-4-3-5-9-18/h3-5,8-11,13,16H,6-7,12,14-15H2,1-2H3,(H,24,27). The minimum atomic E-state index is -3.67. The second kappa shape index (κ2) is 10.3. The SMILES string of the molecule is COc1ccc(Cl)cc1NC(=O)CN(C)C(=O)C1CCCN(S(=O)(=O)c2ccccc2)C1. The van der Waals surface area contributed by atoms with Gasteiger partial charge in [-0.3, -0.25) is 9.59 Å². The molecule has 0 radical (unpaired) electrons. The van der Waals surface area contributed by atoms with Crippen molar-refractivity contribution in [3.8, 4) is 5.75 Å². The number of carbonyl (C=O) groups excluding carboxylic acids is 2. The van der Waals surface area contributed by atoms with Gasteiger partial charge in [0, 0.05) is 25.2 Å². The number of halogens is 1. The zero-order valence-corrected chi connectivity index (χ0v) is 19.5. The molecule has 172 valence electrons. The first-order valence-electron chi connectivity index (χ1n) is 10.2. The van der Waals surface area contributed by atoms with E-state index in [0.717, 1.165) is 0 Å². The summed E-state index contributed by atoms with van der Waals surface area (Å²) in [7, 11) is -0.664. The minimum absolute atomic E-state index is 0.0874. The average molecular weight is 480 g/mol. The smallest absolute Gasteiger partial charge is 0.244 e. The van der Waals surface area contributed by atoms with Gasteiger partial charge in [-0.05, 0) is 43.2 Å². The van der Waals surface area contributed by atoms with Crippen LogP contribution in [-0.2, 0) is 19.6 Å². The van der Waals surface area contributed by atoms with E-state index in [4.69, 9.17) is 16.3 Å². The van der Waals surface area contributed by atoms with Crippen molar-refractivity contribution < 1.29 is 22.7 Å². The van der Waals surface area contributed by atoms with Gasteiger partial charge in [0.1, 0.15) is 5.75 Å². The Morgan fingerprint density at radius 2 is 1.94 bits per heavy atom. The first-order chi connectivity index (χ1) is 15.2. The normalized spacial score (nSPS) is 16.9. The number of anilines is 1. The molecular weight excluding hydrogens is 454 g/mol. The fourth-order valence-electron chi connectivity index (χ4n) is 3.68. The second-order valence-electron chi connectivity index (χ2n) is 7.60. The highest BCUT2D eigenvalue weighted by Gasteiger charge is 2.34. The molecule has 1 fully saturated rings. The van der Waals surface area contributed by atoms with Gasteiger partial charge >= 0.3 is 0 Å². The molecule has 2 amide bonds. The molecule has 1 atom stereocenters. The Hall–Kier alpha value is -2.62. The molecule has 1 aliphatic heterocycles. The van der Waals surface area contributed by atoms with Crippen molar-refractivity contribution in [1.29, 1.82) is 0 Å². The van der Waals surface area contributed by atoms with Crippen molar-refractivity contribution in [3.63, 3.8) is 0 Å². The number of sulfonamides is 1. The van der Waals surface area contributed by atoms with E-state index in [1.807, 2.05) is 0 Å². The fraction of sp³-hybridized carbons (Fsp3) is 0.364. The number of hydrogen-bond donors (Lipinski definition) is 1. The predicted molar refractivity (Wildman–Crippen MR) is 122 cm³/mol. The maximum atomic E-state index is 13.0. The van der Waals surface area contributed by atoms with Gasteiger partial charge in [0.25, 0.3) is 0 Å². The van der Waals surface area contributed by atoms with Crippen LogP contribution in [0.2, 0.25) is 5.02 Å². The summed E-state index contributed by atoms with van der Waals surface area (Å²) < 4.78 is 32.4.